The molecule has 2 atom stereocenters. The maximum atomic E-state index is 12.7. The lowest BCUT2D eigenvalue weighted by Crippen LogP contribution is -2.26. The summed E-state index contributed by atoms with van der Waals surface area (Å²) in [5.74, 6) is -0.790. The third kappa shape index (κ3) is 2.56. The van der Waals surface area contributed by atoms with Gasteiger partial charge >= 0.3 is 5.97 Å². The first kappa shape index (κ1) is 9.75. The minimum Gasteiger partial charge on any atom is -0.467 e. The molecular formula is C6H11FO2S. The Morgan fingerprint density at radius 1 is 1.70 bits per heavy atom. The fraction of sp³-hybridized carbons (Fsp3) is 0.833. The second-order valence-electron chi connectivity index (χ2n) is 1.87. The third-order valence-electron chi connectivity index (χ3n) is 1.21. The zero-order valence-corrected chi connectivity index (χ0v) is 7.07. The molecule has 0 aromatic rings. The van der Waals surface area contributed by atoms with Crippen LogP contribution >= 0.6 is 11.8 Å². The van der Waals surface area contributed by atoms with E-state index in [1.807, 2.05) is 0 Å². The maximum absolute atomic E-state index is 12.7. The van der Waals surface area contributed by atoms with E-state index in [-0.39, 0.29) is 5.25 Å². The highest BCUT2D eigenvalue weighted by Crippen LogP contribution is 2.13. The number of thioether (sulfide) groups is 1. The van der Waals surface area contributed by atoms with Gasteiger partial charge in [-0.2, -0.15) is 11.8 Å². The van der Waals surface area contributed by atoms with Gasteiger partial charge in [0.15, 0.2) is 0 Å². The molecule has 0 N–H and O–H groups in total. The number of carbonyl (C=O) groups excluding carboxylic acids is 1. The molecule has 0 rings (SSSR count). The van der Waals surface area contributed by atoms with Gasteiger partial charge in [0.05, 0.1) is 7.11 Å². The Morgan fingerprint density at radius 3 is 2.50 bits per heavy atom. The number of hydrogen-bond acceptors (Lipinski definition) is 3. The number of carbonyl (C=O) groups is 1. The molecule has 0 aromatic heterocycles. The van der Waals surface area contributed by atoms with E-state index in [1.165, 1.54) is 18.9 Å². The molecule has 0 spiro atoms. The van der Waals surface area contributed by atoms with Crippen molar-refractivity contribution in [3.8, 4) is 0 Å². The molecule has 0 fully saturated rings. The van der Waals surface area contributed by atoms with Crippen LogP contribution in [0.5, 0.6) is 0 Å². The largest absolute Gasteiger partial charge is 0.467 e. The molecular weight excluding hydrogens is 155 g/mol. The molecule has 0 aliphatic heterocycles. The van der Waals surface area contributed by atoms with E-state index in [0.29, 0.717) is 0 Å². The number of methoxy groups -OCH3 is 1. The predicted octanol–water partition coefficient (Wildman–Crippen LogP) is 1.25. The van der Waals surface area contributed by atoms with Crippen LogP contribution in [-0.4, -0.2) is 30.8 Å². The minimum absolute atomic E-state index is 0.326. The molecule has 0 amide bonds. The van der Waals surface area contributed by atoms with Gasteiger partial charge in [-0.3, -0.25) is 0 Å². The maximum Gasteiger partial charge on any atom is 0.341 e. The fourth-order valence-corrected chi connectivity index (χ4v) is 0.774. The van der Waals surface area contributed by atoms with Crippen molar-refractivity contribution in [2.24, 2.45) is 0 Å². The second kappa shape index (κ2) is 4.55. The number of alkyl halides is 1. The Kier molecular flexibility index (Phi) is 4.43. The molecule has 0 radical (unpaired) electrons. The van der Waals surface area contributed by atoms with E-state index in [2.05, 4.69) is 4.74 Å². The summed E-state index contributed by atoms with van der Waals surface area (Å²) < 4.78 is 16.9. The zero-order valence-electron chi connectivity index (χ0n) is 6.26. The van der Waals surface area contributed by atoms with Crippen LogP contribution in [0.25, 0.3) is 0 Å². The average molecular weight is 166 g/mol. The lowest BCUT2D eigenvalue weighted by Gasteiger charge is -2.10. The van der Waals surface area contributed by atoms with Gasteiger partial charge in [-0.15, -0.1) is 0 Å². The Balaban J connectivity index is 3.81. The molecule has 0 aliphatic rings. The van der Waals surface area contributed by atoms with Crippen molar-refractivity contribution in [2.75, 3.05) is 13.4 Å². The van der Waals surface area contributed by atoms with Crippen molar-refractivity contribution in [1.29, 1.82) is 0 Å². The van der Waals surface area contributed by atoms with E-state index >= 15 is 0 Å². The fourth-order valence-electron chi connectivity index (χ4n) is 0.424. The van der Waals surface area contributed by atoms with Gasteiger partial charge in [0, 0.05) is 5.25 Å². The summed E-state index contributed by atoms with van der Waals surface area (Å²) in [4.78, 5) is 10.5. The number of ether oxygens (including phenoxy) is 1. The van der Waals surface area contributed by atoms with Crippen LogP contribution in [0.2, 0.25) is 0 Å². The molecule has 0 saturated heterocycles. The normalized spacial score (nSPS) is 16.0. The summed E-state index contributed by atoms with van der Waals surface area (Å²) in [7, 11) is 1.18. The lowest BCUT2D eigenvalue weighted by atomic mass is 10.3. The van der Waals surface area contributed by atoms with Gasteiger partial charge < -0.3 is 4.74 Å². The molecule has 60 valence electrons. The summed E-state index contributed by atoms with van der Waals surface area (Å²) in [6.07, 6.45) is 0.250. The zero-order chi connectivity index (χ0) is 8.15. The van der Waals surface area contributed by atoms with Crippen molar-refractivity contribution in [3.05, 3.63) is 0 Å². The topological polar surface area (TPSA) is 26.3 Å². The monoisotopic (exact) mass is 166 g/mol. The molecule has 0 bridgehead atoms. The Hall–Kier alpha value is -0.250. The molecule has 0 aliphatic carbocycles. The summed E-state index contributed by atoms with van der Waals surface area (Å²) in [5, 5.41) is -0.326. The van der Waals surface area contributed by atoms with Crippen LogP contribution in [0.1, 0.15) is 6.92 Å². The molecule has 10 heavy (non-hydrogen) atoms. The Morgan fingerprint density at radius 2 is 2.20 bits per heavy atom. The standard InChI is InChI=1S/C6H11FO2S/c1-4(10-3)5(7)6(8)9-2/h4-5H,1-3H3. The van der Waals surface area contributed by atoms with Gasteiger partial charge in [0.2, 0.25) is 6.17 Å². The van der Waals surface area contributed by atoms with Crippen molar-refractivity contribution in [2.45, 2.75) is 18.3 Å². The highest BCUT2D eigenvalue weighted by atomic mass is 32.2. The number of esters is 1. The Labute approximate surface area is 64.1 Å². The summed E-state index contributed by atoms with van der Waals surface area (Å²) in [6.45, 7) is 1.65. The molecule has 0 saturated carbocycles. The lowest BCUT2D eigenvalue weighted by molar-refractivity contribution is -0.146. The molecule has 0 heterocycles. The van der Waals surface area contributed by atoms with Crippen molar-refractivity contribution in [1.82, 2.24) is 0 Å². The Bertz CT molecular complexity index is 118. The third-order valence-corrected chi connectivity index (χ3v) is 2.19. The van der Waals surface area contributed by atoms with Crippen molar-refractivity contribution >= 4 is 17.7 Å². The molecule has 2 unspecified atom stereocenters. The van der Waals surface area contributed by atoms with Crippen LogP contribution in [-0.2, 0) is 9.53 Å². The highest BCUT2D eigenvalue weighted by Gasteiger charge is 2.24. The van der Waals surface area contributed by atoms with Crippen LogP contribution in [0, 0.1) is 0 Å². The number of halogens is 1. The van der Waals surface area contributed by atoms with Gasteiger partial charge in [-0.25, -0.2) is 9.18 Å². The smallest absolute Gasteiger partial charge is 0.341 e. The van der Waals surface area contributed by atoms with Gasteiger partial charge in [-0.05, 0) is 13.2 Å². The quantitative estimate of drug-likeness (QED) is 0.590. The first-order valence-electron chi connectivity index (χ1n) is 2.88. The van der Waals surface area contributed by atoms with E-state index in [4.69, 9.17) is 0 Å². The van der Waals surface area contributed by atoms with Gasteiger partial charge in [0.1, 0.15) is 0 Å². The van der Waals surface area contributed by atoms with E-state index < -0.39 is 12.1 Å². The molecule has 4 heteroatoms. The molecule has 2 nitrogen and oxygen atoms in total. The molecule has 0 aromatic carbocycles. The van der Waals surface area contributed by atoms with Crippen LogP contribution in [0.3, 0.4) is 0 Å². The van der Waals surface area contributed by atoms with E-state index in [1.54, 1.807) is 13.2 Å². The van der Waals surface area contributed by atoms with Crippen LogP contribution in [0.4, 0.5) is 4.39 Å². The summed E-state index contributed by atoms with van der Waals surface area (Å²) in [5.41, 5.74) is 0. The van der Waals surface area contributed by atoms with E-state index in [0.717, 1.165) is 0 Å². The highest BCUT2D eigenvalue weighted by molar-refractivity contribution is 7.99. The van der Waals surface area contributed by atoms with E-state index in [9.17, 15) is 9.18 Å². The number of hydrogen-bond donors (Lipinski definition) is 0. The second-order valence-corrected chi connectivity index (χ2v) is 3.08. The van der Waals surface area contributed by atoms with Crippen LogP contribution in [0.15, 0.2) is 0 Å². The summed E-state index contributed by atoms with van der Waals surface area (Å²) in [6, 6.07) is 0. The summed E-state index contributed by atoms with van der Waals surface area (Å²) >= 11 is 1.30. The average Bonchev–Trinajstić information content (AvgIpc) is 2.00. The van der Waals surface area contributed by atoms with Crippen molar-refractivity contribution < 1.29 is 13.9 Å². The minimum atomic E-state index is -1.50. The predicted molar refractivity (Wildman–Crippen MR) is 39.9 cm³/mol. The first-order chi connectivity index (χ1) is 4.63. The SMILES string of the molecule is COC(=O)C(F)C(C)SC. The van der Waals surface area contributed by atoms with Gasteiger partial charge in [0.25, 0.3) is 0 Å². The first-order valence-corrected chi connectivity index (χ1v) is 4.17. The number of rotatable bonds is 3. The van der Waals surface area contributed by atoms with Gasteiger partial charge in [-0.1, -0.05) is 0 Å². The van der Waals surface area contributed by atoms with Crippen LogP contribution < -0.4 is 0 Å². The van der Waals surface area contributed by atoms with Crippen molar-refractivity contribution in [3.63, 3.8) is 0 Å².